The van der Waals surface area contributed by atoms with Gasteiger partial charge in [0, 0.05) is 38.9 Å². The van der Waals surface area contributed by atoms with Gasteiger partial charge < -0.3 is 19.6 Å². The zero-order valence-electron chi connectivity index (χ0n) is 15.8. The number of alkyl halides is 3. The van der Waals surface area contributed by atoms with E-state index >= 15 is 0 Å². The summed E-state index contributed by atoms with van der Waals surface area (Å²) in [6, 6.07) is 7.95. The Morgan fingerprint density at radius 1 is 1.10 bits per heavy atom. The van der Waals surface area contributed by atoms with Crippen LogP contribution in [-0.2, 0) is 24.5 Å². The number of carbonyl (C=O) groups excluding carboxylic acids is 1. The molecule has 0 radical (unpaired) electrons. The maximum absolute atomic E-state index is 13.7. The maximum Gasteiger partial charge on any atom is 0.425 e. The Labute approximate surface area is 164 Å². The van der Waals surface area contributed by atoms with Crippen molar-refractivity contribution in [2.75, 3.05) is 0 Å². The van der Waals surface area contributed by atoms with Gasteiger partial charge in [-0.2, -0.15) is 13.2 Å². The molecule has 2 N–H and O–H groups in total. The third-order valence-electron chi connectivity index (χ3n) is 4.63. The maximum atomic E-state index is 13.7. The minimum absolute atomic E-state index is 0.442. The van der Waals surface area contributed by atoms with E-state index in [4.69, 9.17) is 0 Å². The van der Waals surface area contributed by atoms with Crippen molar-refractivity contribution >= 4 is 5.91 Å². The van der Waals surface area contributed by atoms with Crippen LogP contribution in [0.5, 0.6) is 0 Å². The summed E-state index contributed by atoms with van der Waals surface area (Å²) < 4.78 is 43.8. The van der Waals surface area contributed by atoms with Crippen molar-refractivity contribution in [3.63, 3.8) is 0 Å². The fraction of sp³-hybridized carbons (Fsp3) is 0.316. The second kappa shape index (κ2) is 7.70. The van der Waals surface area contributed by atoms with E-state index in [2.05, 4.69) is 15.3 Å². The molecule has 0 aliphatic rings. The molecule has 0 aliphatic heterocycles. The third kappa shape index (κ3) is 4.02. The fourth-order valence-electron chi connectivity index (χ4n) is 3.11. The second-order valence-corrected chi connectivity index (χ2v) is 6.70. The molecule has 10 heteroatoms. The minimum atomic E-state index is -5.10. The number of hydrogen-bond donors (Lipinski definition) is 2. The van der Waals surface area contributed by atoms with Crippen molar-refractivity contribution in [1.82, 2.24) is 24.4 Å². The Bertz CT molecular complexity index is 983. The molecule has 0 aliphatic carbocycles. The van der Waals surface area contributed by atoms with E-state index in [-0.39, 0.29) is 0 Å². The molecule has 7 nitrogen and oxygen atoms in total. The van der Waals surface area contributed by atoms with Gasteiger partial charge in [-0.25, -0.2) is 9.97 Å². The highest BCUT2D eigenvalue weighted by Gasteiger charge is 2.58. The number of hydrogen-bond acceptors (Lipinski definition) is 4. The molecule has 29 heavy (non-hydrogen) atoms. The molecule has 0 fully saturated rings. The van der Waals surface area contributed by atoms with Crippen molar-refractivity contribution in [3.8, 4) is 0 Å². The number of benzene rings is 1. The monoisotopic (exact) mass is 407 g/mol. The predicted octanol–water partition coefficient (Wildman–Crippen LogP) is 2.20. The Morgan fingerprint density at radius 2 is 1.72 bits per heavy atom. The number of aryl methyl sites for hydroxylation is 2. The Kier molecular flexibility index (Phi) is 5.47. The van der Waals surface area contributed by atoms with Crippen LogP contribution in [0.3, 0.4) is 0 Å². The quantitative estimate of drug-likeness (QED) is 0.656. The van der Waals surface area contributed by atoms with Crippen molar-refractivity contribution < 1.29 is 23.1 Å². The molecule has 154 valence electrons. The summed E-state index contributed by atoms with van der Waals surface area (Å²) in [6.07, 6.45) is -0.756. The summed E-state index contributed by atoms with van der Waals surface area (Å²) in [5.41, 5.74) is -2.79. The number of rotatable bonds is 6. The molecule has 0 saturated carbocycles. The van der Waals surface area contributed by atoms with Crippen LogP contribution in [-0.4, -0.2) is 36.3 Å². The van der Waals surface area contributed by atoms with E-state index in [0.29, 0.717) is 11.4 Å². The number of halogens is 3. The van der Waals surface area contributed by atoms with Crippen LogP contribution in [0, 0.1) is 0 Å². The molecule has 1 amide bonds. The minimum Gasteiger partial charge on any atom is -0.374 e. The van der Waals surface area contributed by atoms with Gasteiger partial charge in [0.05, 0.1) is 6.42 Å². The van der Waals surface area contributed by atoms with Crippen LogP contribution in [0.2, 0.25) is 0 Å². The number of aliphatic hydroxyl groups is 1. The predicted molar refractivity (Wildman–Crippen MR) is 97.4 cm³/mol. The summed E-state index contributed by atoms with van der Waals surface area (Å²) in [6.45, 7) is 0. The van der Waals surface area contributed by atoms with Crippen LogP contribution >= 0.6 is 0 Å². The topological polar surface area (TPSA) is 85.0 Å². The zero-order chi connectivity index (χ0) is 21.2. The van der Waals surface area contributed by atoms with Crippen molar-refractivity contribution in [2.24, 2.45) is 14.1 Å². The SMILES string of the molecule is Cn1ccnc1C(NC(=O)CC(O)(c1nccn1C)C(F)(F)F)c1ccccc1. The average molecular weight is 407 g/mol. The van der Waals surface area contributed by atoms with Gasteiger partial charge in [-0.15, -0.1) is 0 Å². The van der Waals surface area contributed by atoms with Crippen LogP contribution in [0.4, 0.5) is 13.2 Å². The smallest absolute Gasteiger partial charge is 0.374 e. The largest absolute Gasteiger partial charge is 0.425 e. The number of imidazole rings is 2. The van der Waals surface area contributed by atoms with Gasteiger partial charge in [-0.1, -0.05) is 30.3 Å². The normalized spacial score (nSPS) is 15.0. The molecule has 0 bridgehead atoms. The molecule has 3 rings (SSSR count). The molecule has 2 atom stereocenters. The Hall–Kier alpha value is -3.14. The molecule has 2 heterocycles. The highest BCUT2D eigenvalue weighted by Crippen LogP contribution is 2.40. The molecular weight excluding hydrogens is 387 g/mol. The summed E-state index contributed by atoms with van der Waals surface area (Å²) in [5.74, 6) is -1.21. The van der Waals surface area contributed by atoms with Crippen molar-refractivity contribution in [3.05, 3.63) is 72.3 Å². The van der Waals surface area contributed by atoms with Gasteiger partial charge in [-0.05, 0) is 5.56 Å². The van der Waals surface area contributed by atoms with E-state index < -0.39 is 36.0 Å². The highest BCUT2D eigenvalue weighted by molar-refractivity contribution is 5.78. The first-order valence-electron chi connectivity index (χ1n) is 8.72. The Balaban J connectivity index is 1.92. The summed E-state index contributed by atoms with van der Waals surface area (Å²) in [4.78, 5) is 20.5. The van der Waals surface area contributed by atoms with Gasteiger partial charge >= 0.3 is 6.18 Å². The molecule has 1 aromatic carbocycles. The number of aromatic nitrogens is 4. The lowest BCUT2D eigenvalue weighted by molar-refractivity contribution is -0.271. The molecule has 0 spiro atoms. The molecular formula is C19H20F3N5O2. The lowest BCUT2D eigenvalue weighted by Crippen LogP contribution is -2.48. The zero-order valence-corrected chi connectivity index (χ0v) is 15.8. The lowest BCUT2D eigenvalue weighted by Gasteiger charge is -2.30. The van der Waals surface area contributed by atoms with Gasteiger partial charge in [0.2, 0.25) is 11.5 Å². The van der Waals surface area contributed by atoms with E-state index in [1.54, 1.807) is 48.1 Å². The highest BCUT2D eigenvalue weighted by atomic mass is 19.4. The van der Waals surface area contributed by atoms with E-state index in [1.807, 2.05) is 0 Å². The first-order chi connectivity index (χ1) is 13.6. The van der Waals surface area contributed by atoms with Crippen LogP contribution in [0.15, 0.2) is 55.1 Å². The van der Waals surface area contributed by atoms with Crippen LogP contribution in [0.25, 0.3) is 0 Å². The van der Waals surface area contributed by atoms with Crippen molar-refractivity contribution in [1.29, 1.82) is 0 Å². The Morgan fingerprint density at radius 3 is 2.24 bits per heavy atom. The van der Waals surface area contributed by atoms with Gasteiger partial charge in [-0.3, -0.25) is 4.79 Å². The van der Waals surface area contributed by atoms with E-state index in [9.17, 15) is 23.1 Å². The number of carbonyl (C=O) groups is 1. The fourth-order valence-corrected chi connectivity index (χ4v) is 3.11. The first-order valence-corrected chi connectivity index (χ1v) is 8.72. The average Bonchev–Trinajstić information content (AvgIpc) is 3.28. The van der Waals surface area contributed by atoms with Gasteiger partial charge in [0.15, 0.2) is 5.82 Å². The van der Waals surface area contributed by atoms with Crippen LogP contribution in [0.1, 0.15) is 29.7 Å². The summed E-state index contributed by atoms with van der Waals surface area (Å²) >= 11 is 0. The molecule has 2 aromatic heterocycles. The molecule has 0 saturated heterocycles. The summed E-state index contributed by atoms with van der Waals surface area (Å²) in [7, 11) is 3.03. The third-order valence-corrected chi connectivity index (χ3v) is 4.63. The second-order valence-electron chi connectivity index (χ2n) is 6.70. The first kappa shape index (κ1) is 20.6. The molecule has 3 aromatic rings. The van der Waals surface area contributed by atoms with Crippen LogP contribution < -0.4 is 5.32 Å². The standard InChI is InChI=1S/C19H20F3N5O2/c1-26-10-8-23-16(26)15(13-6-4-3-5-7-13)25-14(28)12-18(29,19(20,21)22)17-24-9-11-27(17)2/h3-11,15,29H,12H2,1-2H3,(H,25,28). The molecule has 2 unspecified atom stereocenters. The van der Waals surface area contributed by atoms with E-state index in [1.165, 1.54) is 19.4 Å². The van der Waals surface area contributed by atoms with Crippen molar-refractivity contribution in [2.45, 2.75) is 24.2 Å². The van der Waals surface area contributed by atoms with Gasteiger partial charge in [0.1, 0.15) is 11.9 Å². The van der Waals surface area contributed by atoms with Gasteiger partial charge in [0.25, 0.3) is 0 Å². The number of nitrogens with zero attached hydrogens (tertiary/aromatic N) is 4. The van der Waals surface area contributed by atoms with E-state index in [0.717, 1.165) is 10.8 Å². The number of amides is 1. The lowest BCUT2D eigenvalue weighted by atomic mass is 9.96. The number of nitrogens with one attached hydrogen (secondary N) is 1. The summed E-state index contributed by atoms with van der Waals surface area (Å²) in [5, 5.41) is 13.0.